The monoisotopic (exact) mass is 440 g/mol. The summed E-state index contributed by atoms with van der Waals surface area (Å²) in [5, 5.41) is 7.74. The lowest BCUT2D eigenvalue weighted by molar-refractivity contribution is -0.120. The fourth-order valence-electron chi connectivity index (χ4n) is 3.98. The molecule has 0 radical (unpaired) electrons. The number of pyridine rings is 1. The molecule has 0 unspecified atom stereocenters. The second kappa shape index (κ2) is 9.69. The molecule has 0 aliphatic rings. The first kappa shape index (κ1) is 22.3. The zero-order valence-corrected chi connectivity index (χ0v) is 19.4. The molecule has 0 saturated heterocycles. The van der Waals surface area contributed by atoms with Gasteiger partial charge in [-0.25, -0.2) is 0 Å². The minimum atomic E-state index is -0.0461. The highest BCUT2D eigenvalue weighted by Gasteiger charge is 2.15. The average Bonchev–Trinajstić information content (AvgIpc) is 3.20. The van der Waals surface area contributed by atoms with Crippen LogP contribution in [0.4, 0.5) is 0 Å². The molecule has 168 valence electrons. The zero-order valence-electron chi connectivity index (χ0n) is 19.4. The molecule has 1 amide bonds. The average molecular weight is 441 g/mol. The van der Waals surface area contributed by atoms with Crippen LogP contribution in [-0.2, 0) is 24.8 Å². The third-order valence-electron chi connectivity index (χ3n) is 5.62. The number of rotatable bonds is 7. The van der Waals surface area contributed by atoms with Crippen LogP contribution in [0.2, 0.25) is 0 Å². The van der Waals surface area contributed by atoms with Gasteiger partial charge in [0.05, 0.1) is 13.5 Å². The summed E-state index contributed by atoms with van der Waals surface area (Å²) in [6.45, 7) is 4.50. The van der Waals surface area contributed by atoms with Gasteiger partial charge in [-0.15, -0.1) is 0 Å². The predicted molar refractivity (Wildman–Crippen MR) is 130 cm³/mol. The van der Waals surface area contributed by atoms with Crippen molar-refractivity contribution < 1.29 is 9.53 Å². The van der Waals surface area contributed by atoms with Crippen LogP contribution >= 0.6 is 0 Å². The van der Waals surface area contributed by atoms with Gasteiger partial charge >= 0.3 is 0 Å². The molecule has 33 heavy (non-hydrogen) atoms. The summed E-state index contributed by atoms with van der Waals surface area (Å²) >= 11 is 0. The van der Waals surface area contributed by atoms with Crippen LogP contribution in [-0.4, -0.2) is 27.8 Å². The SMILES string of the molecule is COc1ccc(C)cc1CC(=O)NCc1cccc(-c2nn(C)cc2-c2ccncc2C)c1. The van der Waals surface area contributed by atoms with Crippen molar-refractivity contribution in [3.63, 3.8) is 0 Å². The van der Waals surface area contributed by atoms with Crippen molar-refractivity contribution in [1.29, 1.82) is 0 Å². The van der Waals surface area contributed by atoms with Gasteiger partial charge in [-0.3, -0.25) is 14.5 Å². The van der Waals surface area contributed by atoms with E-state index in [0.29, 0.717) is 6.54 Å². The van der Waals surface area contributed by atoms with E-state index in [1.165, 1.54) is 0 Å². The summed E-state index contributed by atoms with van der Waals surface area (Å²) in [6.07, 6.45) is 5.97. The lowest BCUT2D eigenvalue weighted by Crippen LogP contribution is -2.24. The highest BCUT2D eigenvalue weighted by Crippen LogP contribution is 2.32. The van der Waals surface area contributed by atoms with Gasteiger partial charge in [-0.05, 0) is 48.7 Å². The number of aryl methyl sites for hydroxylation is 3. The number of hydrogen-bond acceptors (Lipinski definition) is 4. The van der Waals surface area contributed by atoms with Crippen molar-refractivity contribution in [2.24, 2.45) is 7.05 Å². The first-order chi connectivity index (χ1) is 15.9. The Morgan fingerprint density at radius 1 is 1.09 bits per heavy atom. The topological polar surface area (TPSA) is 69.0 Å². The molecular formula is C27H28N4O2. The first-order valence-electron chi connectivity index (χ1n) is 10.9. The van der Waals surface area contributed by atoms with Crippen LogP contribution in [0.1, 0.15) is 22.3 Å². The Balaban J connectivity index is 1.51. The Kier molecular flexibility index (Phi) is 6.54. The maximum absolute atomic E-state index is 12.6. The maximum atomic E-state index is 12.6. The van der Waals surface area contributed by atoms with Crippen LogP contribution in [0.5, 0.6) is 5.75 Å². The van der Waals surface area contributed by atoms with Gasteiger partial charge in [0, 0.05) is 48.9 Å². The molecule has 0 saturated carbocycles. The lowest BCUT2D eigenvalue weighted by atomic mass is 9.98. The molecule has 6 nitrogen and oxygen atoms in total. The van der Waals surface area contributed by atoms with Crippen LogP contribution in [0.15, 0.2) is 67.1 Å². The van der Waals surface area contributed by atoms with Gasteiger partial charge in [0.25, 0.3) is 0 Å². The molecule has 0 spiro atoms. The molecular weight excluding hydrogens is 412 g/mol. The summed E-state index contributed by atoms with van der Waals surface area (Å²) in [5.74, 6) is 0.682. The third kappa shape index (κ3) is 5.12. The van der Waals surface area contributed by atoms with Gasteiger partial charge in [0.2, 0.25) is 5.91 Å². The number of benzene rings is 2. The van der Waals surface area contributed by atoms with E-state index in [1.54, 1.807) is 13.3 Å². The normalized spacial score (nSPS) is 10.8. The second-order valence-electron chi connectivity index (χ2n) is 8.22. The summed E-state index contributed by atoms with van der Waals surface area (Å²) < 4.78 is 7.22. The summed E-state index contributed by atoms with van der Waals surface area (Å²) in [5.41, 5.74) is 8.18. The van der Waals surface area contributed by atoms with E-state index in [1.807, 2.05) is 80.4 Å². The number of carbonyl (C=O) groups excluding carboxylic acids is 1. The van der Waals surface area contributed by atoms with E-state index in [4.69, 9.17) is 9.84 Å². The Morgan fingerprint density at radius 2 is 1.94 bits per heavy atom. The van der Waals surface area contributed by atoms with Crippen molar-refractivity contribution in [2.75, 3.05) is 7.11 Å². The van der Waals surface area contributed by atoms with Crippen molar-refractivity contribution in [3.8, 4) is 28.1 Å². The summed E-state index contributed by atoms with van der Waals surface area (Å²) in [7, 11) is 3.55. The molecule has 0 atom stereocenters. The highest BCUT2D eigenvalue weighted by molar-refractivity contribution is 5.82. The number of hydrogen-bond donors (Lipinski definition) is 1. The lowest BCUT2D eigenvalue weighted by Gasteiger charge is -2.11. The fourth-order valence-corrected chi connectivity index (χ4v) is 3.98. The van der Waals surface area contributed by atoms with Crippen LogP contribution < -0.4 is 10.1 Å². The van der Waals surface area contributed by atoms with Crippen LogP contribution in [0.3, 0.4) is 0 Å². The van der Waals surface area contributed by atoms with E-state index in [0.717, 1.165) is 50.4 Å². The van der Waals surface area contributed by atoms with Gasteiger partial charge in [-0.2, -0.15) is 5.10 Å². The quantitative estimate of drug-likeness (QED) is 0.455. The Labute approximate surface area is 194 Å². The minimum absolute atomic E-state index is 0.0461. The number of nitrogens with one attached hydrogen (secondary N) is 1. The Hall–Kier alpha value is -3.93. The van der Waals surface area contributed by atoms with Gasteiger partial charge in [0.15, 0.2) is 0 Å². The summed E-state index contributed by atoms with van der Waals surface area (Å²) in [4.78, 5) is 16.8. The van der Waals surface area contributed by atoms with Crippen molar-refractivity contribution in [3.05, 3.63) is 89.4 Å². The fraction of sp³-hybridized carbons (Fsp3) is 0.222. The van der Waals surface area contributed by atoms with E-state index < -0.39 is 0 Å². The molecule has 0 aliphatic carbocycles. The number of ether oxygens (including phenoxy) is 1. The van der Waals surface area contributed by atoms with Gasteiger partial charge in [-0.1, -0.05) is 35.9 Å². The predicted octanol–water partition coefficient (Wildman–Crippen LogP) is 4.63. The smallest absolute Gasteiger partial charge is 0.224 e. The Morgan fingerprint density at radius 3 is 2.73 bits per heavy atom. The molecule has 4 rings (SSSR count). The highest BCUT2D eigenvalue weighted by atomic mass is 16.5. The second-order valence-corrected chi connectivity index (χ2v) is 8.22. The number of carbonyl (C=O) groups is 1. The minimum Gasteiger partial charge on any atom is -0.496 e. The molecule has 4 aromatic rings. The Bertz CT molecular complexity index is 1290. The number of aromatic nitrogens is 3. The van der Waals surface area contributed by atoms with E-state index in [-0.39, 0.29) is 12.3 Å². The number of nitrogens with zero attached hydrogens (tertiary/aromatic N) is 3. The van der Waals surface area contributed by atoms with E-state index in [9.17, 15) is 4.79 Å². The largest absolute Gasteiger partial charge is 0.496 e. The molecule has 2 aromatic carbocycles. The van der Waals surface area contributed by atoms with Gasteiger partial charge in [0.1, 0.15) is 11.4 Å². The molecule has 1 N–H and O–H groups in total. The first-order valence-corrected chi connectivity index (χ1v) is 10.9. The third-order valence-corrected chi connectivity index (χ3v) is 5.62. The maximum Gasteiger partial charge on any atom is 0.224 e. The van der Waals surface area contributed by atoms with Crippen molar-refractivity contribution in [1.82, 2.24) is 20.1 Å². The molecule has 6 heteroatoms. The van der Waals surface area contributed by atoms with E-state index >= 15 is 0 Å². The van der Waals surface area contributed by atoms with Crippen LogP contribution in [0, 0.1) is 13.8 Å². The molecule has 2 aromatic heterocycles. The van der Waals surface area contributed by atoms with Crippen LogP contribution in [0.25, 0.3) is 22.4 Å². The zero-order chi connectivity index (χ0) is 23.4. The molecule has 0 bridgehead atoms. The number of methoxy groups -OCH3 is 1. The number of amides is 1. The standard InChI is InChI=1S/C27H28N4O2/c1-18-8-9-25(33-4)22(12-18)14-26(32)29-16-20-6-5-7-21(13-20)27-24(17-31(3)30-27)23-10-11-28-15-19(23)2/h5-13,15,17H,14,16H2,1-4H3,(H,29,32). The molecule has 0 aliphatic heterocycles. The van der Waals surface area contributed by atoms with E-state index in [2.05, 4.69) is 16.4 Å². The molecule has 0 fully saturated rings. The van der Waals surface area contributed by atoms with Gasteiger partial charge < -0.3 is 10.1 Å². The molecule has 2 heterocycles. The van der Waals surface area contributed by atoms with Crippen molar-refractivity contribution >= 4 is 5.91 Å². The summed E-state index contributed by atoms with van der Waals surface area (Å²) in [6, 6.07) is 16.0. The van der Waals surface area contributed by atoms with Crippen molar-refractivity contribution in [2.45, 2.75) is 26.8 Å².